The molecule has 0 amide bonds. The Bertz CT molecular complexity index is 554. The minimum Gasteiger partial charge on any atom is -0.478 e. The van der Waals surface area contributed by atoms with Crippen LogP contribution in [0.25, 0.3) is 10.9 Å². The summed E-state index contributed by atoms with van der Waals surface area (Å²) in [6.45, 7) is 0. The number of carbonyl (C=O) groups is 1. The van der Waals surface area contributed by atoms with Gasteiger partial charge in [0.25, 0.3) is 0 Å². The molecule has 0 spiro atoms. The maximum absolute atomic E-state index is 12.8. The number of nitrogen functional groups attached to an aromatic ring is 1. The summed E-state index contributed by atoms with van der Waals surface area (Å²) in [6.07, 6.45) is 0. The minimum atomic E-state index is -1.15. The average Bonchev–Trinajstić information content (AvgIpc) is 2.15. The highest BCUT2D eigenvalue weighted by Crippen LogP contribution is 2.19. The molecule has 5 heteroatoms. The van der Waals surface area contributed by atoms with Gasteiger partial charge in [0, 0.05) is 11.5 Å². The van der Waals surface area contributed by atoms with E-state index in [-0.39, 0.29) is 11.4 Å². The molecule has 0 saturated heterocycles. The fourth-order valence-corrected chi connectivity index (χ4v) is 1.33. The lowest BCUT2D eigenvalue weighted by molar-refractivity contribution is 0.0698. The summed E-state index contributed by atoms with van der Waals surface area (Å²) in [4.78, 5) is 14.6. The molecule has 15 heavy (non-hydrogen) atoms. The van der Waals surface area contributed by atoms with Crippen LogP contribution in [-0.2, 0) is 0 Å². The molecule has 4 nitrogen and oxygen atoms in total. The monoisotopic (exact) mass is 206 g/mol. The highest BCUT2D eigenvalue weighted by Gasteiger charge is 2.10. The quantitative estimate of drug-likeness (QED) is 0.743. The van der Waals surface area contributed by atoms with Gasteiger partial charge in [-0.05, 0) is 18.2 Å². The fraction of sp³-hybridized carbons (Fsp3) is 0. The molecule has 0 aliphatic carbocycles. The number of hydrogen-bond acceptors (Lipinski definition) is 3. The third kappa shape index (κ3) is 1.59. The number of hydrogen-bond donors (Lipinski definition) is 2. The number of anilines is 1. The number of aromatic nitrogens is 1. The van der Waals surface area contributed by atoms with E-state index >= 15 is 0 Å². The largest absolute Gasteiger partial charge is 0.478 e. The lowest BCUT2D eigenvalue weighted by Gasteiger charge is -2.02. The van der Waals surface area contributed by atoms with Crippen molar-refractivity contribution in [3.05, 3.63) is 35.6 Å². The molecule has 0 bridgehead atoms. The predicted molar refractivity (Wildman–Crippen MR) is 53.1 cm³/mol. The second kappa shape index (κ2) is 3.20. The standard InChI is InChI=1S/C10H7FN2O2/c11-6-2-1-5-3-7(10(14)15)9(12)13-8(5)4-6/h1-4H,(H2,12,13)(H,14,15). The number of fused-ring (bicyclic) bond motifs is 1. The predicted octanol–water partition coefficient (Wildman–Crippen LogP) is 1.65. The first-order valence-corrected chi connectivity index (χ1v) is 4.17. The highest BCUT2D eigenvalue weighted by atomic mass is 19.1. The van der Waals surface area contributed by atoms with Gasteiger partial charge in [-0.15, -0.1) is 0 Å². The van der Waals surface area contributed by atoms with Crippen molar-refractivity contribution in [3.63, 3.8) is 0 Å². The molecule has 0 aliphatic heterocycles. The lowest BCUT2D eigenvalue weighted by Crippen LogP contribution is -2.04. The molecule has 3 N–H and O–H groups in total. The molecular formula is C10H7FN2O2. The number of carboxylic acid groups (broad SMARTS) is 1. The first-order valence-electron chi connectivity index (χ1n) is 4.17. The zero-order valence-corrected chi connectivity index (χ0v) is 7.57. The van der Waals surface area contributed by atoms with E-state index in [1.807, 2.05) is 0 Å². The number of halogens is 1. The zero-order chi connectivity index (χ0) is 11.0. The molecule has 1 aromatic carbocycles. The fourth-order valence-electron chi connectivity index (χ4n) is 1.33. The maximum Gasteiger partial charge on any atom is 0.339 e. The van der Waals surface area contributed by atoms with E-state index in [0.29, 0.717) is 10.9 Å². The Morgan fingerprint density at radius 2 is 2.13 bits per heavy atom. The maximum atomic E-state index is 12.8. The van der Waals surface area contributed by atoms with Crippen LogP contribution in [0.5, 0.6) is 0 Å². The van der Waals surface area contributed by atoms with Crippen LogP contribution < -0.4 is 5.73 Å². The third-order valence-electron chi connectivity index (χ3n) is 2.04. The first-order chi connectivity index (χ1) is 7.08. The normalized spacial score (nSPS) is 10.5. The first kappa shape index (κ1) is 9.39. The molecule has 0 fully saturated rings. The van der Waals surface area contributed by atoms with E-state index in [2.05, 4.69) is 4.98 Å². The van der Waals surface area contributed by atoms with Gasteiger partial charge in [0.15, 0.2) is 0 Å². The van der Waals surface area contributed by atoms with Crippen LogP contribution in [0.15, 0.2) is 24.3 Å². The van der Waals surface area contributed by atoms with E-state index in [4.69, 9.17) is 10.8 Å². The second-order valence-electron chi connectivity index (χ2n) is 3.06. The number of nitrogens with two attached hydrogens (primary N) is 1. The Balaban J connectivity index is 2.76. The number of benzene rings is 1. The Labute approximate surface area is 84.2 Å². The molecule has 1 aromatic heterocycles. The van der Waals surface area contributed by atoms with Crippen molar-refractivity contribution in [1.82, 2.24) is 4.98 Å². The van der Waals surface area contributed by atoms with E-state index in [9.17, 15) is 9.18 Å². The summed E-state index contributed by atoms with van der Waals surface area (Å²) in [5.41, 5.74) is 5.69. The van der Waals surface area contributed by atoms with Crippen molar-refractivity contribution in [2.24, 2.45) is 0 Å². The molecule has 1 heterocycles. The summed E-state index contributed by atoms with van der Waals surface area (Å²) in [7, 11) is 0. The van der Waals surface area contributed by atoms with Crippen LogP contribution in [0.3, 0.4) is 0 Å². The second-order valence-corrected chi connectivity index (χ2v) is 3.06. The number of aromatic carboxylic acids is 1. The minimum absolute atomic E-state index is 0.0749. The molecule has 76 valence electrons. The van der Waals surface area contributed by atoms with Gasteiger partial charge in [0.05, 0.1) is 5.52 Å². The SMILES string of the molecule is Nc1nc2cc(F)ccc2cc1C(=O)O. The molecule has 0 atom stereocenters. The van der Waals surface area contributed by atoms with Crippen LogP contribution >= 0.6 is 0 Å². The number of carboxylic acids is 1. The van der Waals surface area contributed by atoms with Gasteiger partial charge in [0.2, 0.25) is 0 Å². The van der Waals surface area contributed by atoms with Crippen LogP contribution in [0.2, 0.25) is 0 Å². The van der Waals surface area contributed by atoms with Gasteiger partial charge in [-0.2, -0.15) is 0 Å². The van der Waals surface area contributed by atoms with Gasteiger partial charge < -0.3 is 10.8 Å². The zero-order valence-electron chi connectivity index (χ0n) is 7.57. The molecule has 2 aromatic rings. The van der Waals surface area contributed by atoms with E-state index in [0.717, 1.165) is 0 Å². The summed E-state index contributed by atoms with van der Waals surface area (Å²) in [5, 5.41) is 9.33. The Hall–Kier alpha value is -2.17. The number of nitrogens with zero attached hydrogens (tertiary/aromatic N) is 1. The van der Waals surface area contributed by atoms with Crippen molar-refractivity contribution in [2.75, 3.05) is 5.73 Å². The molecule has 0 radical (unpaired) electrons. The van der Waals surface area contributed by atoms with Crippen molar-refractivity contribution in [3.8, 4) is 0 Å². The van der Waals surface area contributed by atoms with Crippen LogP contribution in [0.1, 0.15) is 10.4 Å². The van der Waals surface area contributed by atoms with E-state index in [1.54, 1.807) is 0 Å². The van der Waals surface area contributed by atoms with Crippen molar-refractivity contribution in [2.45, 2.75) is 0 Å². The summed E-state index contributed by atoms with van der Waals surface area (Å²) in [5.74, 6) is -1.69. The van der Waals surface area contributed by atoms with Crippen LogP contribution in [0.4, 0.5) is 10.2 Å². The van der Waals surface area contributed by atoms with Crippen LogP contribution in [0, 0.1) is 5.82 Å². The van der Waals surface area contributed by atoms with Crippen molar-refractivity contribution < 1.29 is 14.3 Å². The topological polar surface area (TPSA) is 76.2 Å². The molecule has 2 rings (SSSR count). The summed E-state index contributed by atoms with van der Waals surface area (Å²) in [6, 6.07) is 5.28. The Kier molecular flexibility index (Phi) is 2.00. The van der Waals surface area contributed by atoms with Crippen molar-refractivity contribution >= 4 is 22.7 Å². The van der Waals surface area contributed by atoms with E-state index in [1.165, 1.54) is 24.3 Å². The third-order valence-corrected chi connectivity index (χ3v) is 2.04. The average molecular weight is 206 g/mol. The van der Waals surface area contributed by atoms with Gasteiger partial charge in [-0.25, -0.2) is 14.2 Å². The number of rotatable bonds is 1. The summed E-state index contributed by atoms with van der Waals surface area (Å²) >= 11 is 0. The highest BCUT2D eigenvalue weighted by molar-refractivity contribution is 5.97. The van der Waals surface area contributed by atoms with E-state index < -0.39 is 11.8 Å². The molecule has 0 aliphatic rings. The Morgan fingerprint density at radius 3 is 2.80 bits per heavy atom. The van der Waals surface area contributed by atoms with Crippen LogP contribution in [-0.4, -0.2) is 16.1 Å². The van der Waals surface area contributed by atoms with Gasteiger partial charge in [0.1, 0.15) is 17.2 Å². The van der Waals surface area contributed by atoms with Gasteiger partial charge >= 0.3 is 5.97 Å². The van der Waals surface area contributed by atoms with Gasteiger partial charge in [-0.3, -0.25) is 0 Å². The van der Waals surface area contributed by atoms with Gasteiger partial charge in [-0.1, -0.05) is 0 Å². The summed E-state index contributed by atoms with van der Waals surface area (Å²) < 4.78 is 12.8. The lowest BCUT2D eigenvalue weighted by atomic mass is 10.1. The smallest absolute Gasteiger partial charge is 0.339 e. The van der Waals surface area contributed by atoms with Crippen molar-refractivity contribution in [1.29, 1.82) is 0 Å². The molecule has 0 saturated carbocycles. The Morgan fingerprint density at radius 1 is 1.40 bits per heavy atom. The molecule has 0 unspecified atom stereocenters. The number of pyridine rings is 1. The molecular weight excluding hydrogens is 199 g/mol.